The molecule has 1 fully saturated rings. The Hall–Kier alpha value is -2.21. The summed E-state index contributed by atoms with van der Waals surface area (Å²) in [6, 6.07) is 7.13. The lowest BCUT2D eigenvalue weighted by atomic mass is 9.83. The maximum Gasteiger partial charge on any atom is 0.326 e. The summed E-state index contributed by atoms with van der Waals surface area (Å²) in [6.45, 7) is 0. The van der Waals surface area contributed by atoms with Crippen LogP contribution in [-0.4, -0.2) is 33.9 Å². The molecule has 0 aromatic heterocycles. The number of aliphatic hydroxyl groups is 1. The van der Waals surface area contributed by atoms with Gasteiger partial charge in [0.25, 0.3) is 5.91 Å². The van der Waals surface area contributed by atoms with Crippen LogP contribution < -0.4 is 5.32 Å². The molecule has 1 aliphatic carbocycles. The van der Waals surface area contributed by atoms with Gasteiger partial charge in [0, 0.05) is 12.8 Å². The van der Waals surface area contributed by atoms with Crippen LogP contribution in [0.4, 0.5) is 0 Å². The monoisotopic (exact) mass is 305 g/mol. The minimum absolute atomic E-state index is 0.0142. The van der Waals surface area contributed by atoms with Crippen LogP contribution in [0.2, 0.25) is 0 Å². The van der Waals surface area contributed by atoms with Crippen molar-refractivity contribution < 1.29 is 24.6 Å². The van der Waals surface area contributed by atoms with Crippen molar-refractivity contribution in [1.29, 1.82) is 0 Å². The first kappa shape index (κ1) is 16.2. The van der Waals surface area contributed by atoms with E-state index in [1.165, 1.54) is 0 Å². The SMILES string of the molecule is O=C1CCC[C@@H]([C@@H](NC(=O)[C@@H](O)c2ccccc2)C(=O)O)C1. The van der Waals surface area contributed by atoms with Crippen molar-refractivity contribution in [3.8, 4) is 0 Å². The quantitative estimate of drug-likeness (QED) is 0.754. The van der Waals surface area contributed by atoms with Gasteiger partial charge in [0.1, 0.15) is 11.8 Å². The van der Waals surface area contributed by atoms with Crippen LogP contribution in [0.15, 0.2) is 30.3 Å². The van der Waals surface area contributed by atoms with Gasteiger partial charge in [0.2, 0.25) is 0 Å². The summed E-state index contributed by atoms with van der Waals surface area (Å²) in [5.41, 5.74) is 0.392. The second-order valence-electron chi connectivity index (χ2n) is 5.53. The lowest BCUT2D eigenvalue weighted by Crippen LogP contribution is -2.48. The molecule has 118 valence electrons. The highest BCUT2D eigenvalue weighted by Crippen LogP contribution is 2.25. The molecule has 0 unspecified atom stereocenters. The third-order valence-electron chi connectivity index (χ3n) is 3.92. The third kappa shape index (κ3) is 3.92. The maximum absolute atomic E-state index is 12.1. The van der Waals surface area contributed by atoms with Crippen LogP contribution in [0.3, 0.4) is 0 Å². The highest BCUT2D eigenvalue weighted by Gasteiger charge is 2.34. The van der Waals surface area contributed by atoms with Crippen LogP contribution in [0.1, 0.15) is 37.4 Å². The van der Waals surface area contributed by atoms with E-state index in [-0.39, 0.29) is 12.2 Å². The first-order valence-corrected chi connectivity index (χ1v) is 7.27. The molecular formula is C16H19NO5. The Kier molecular flexibility index (Phi) is 5.27. The van der Waals surface area contributed by atoms with E-state index >= 15 is 0 Å². The van der Waals surface area contributed by atoms with E-state index in [0.29, 0.717) is 24.8 Å². The van der Waals surface area contributed by atoms with Gasteiger partial charge >= 0.3 is 5.97 Å². The molecule has 0 bridgehead atoms. The summed E-state index contributed by atoms with van der Waals surface area (Å²) in [5.74, 6) is -2.36. The second-order valence-corrected chi connectivity index (χ2v) is 5.53. The van der Waals surface area contributed by atoms with Crippen LogP contribution in [-0.2, 0) is 14.4 Å². The van der Waals surface area contributed by atoms with Crippen LogP contribution in [0.5, 0.6) is 0 Å². The number of nitrogens with one attached hydrogen (secondary N) is 1. The zero-order chi connectivity index (χ0) is 16.1. The van der Waals surface area contributed by atoms with E-state index < -0.39 is 29.9 Å². The Morgan fingerprint density at radius 1 is 1.23 bits per heavy atom. The Balaban J connectivity index is 2.06. The van der Waals surface area contributed by atoms with Crippen molar-refractivity contribution in [2.75, 3.05) is 0 Å². The molecule has 6 heteroatoms. The number of aliphatic carboxylic acids is 1. The fourth-order valence-electron chi connectivity index (χ4n) is 2.74. The van der Waals surface area contributed by atoms with Crippen molar-refractivity contribution in [3.05, 3.63) is 35.9 Å². The number of carbonyl (C=O) groups excluding carboxylic acids is 2. The van der Waals surface area contributed by atoms with Crippen LogP contribution >= 0.6 is 0 Å². The number of Topliss-reactive ketones (excluding diaryl/α,β-unsaturated/α-hetero) is 1. The molecular weight excluding hydrogens is 286 g/mol. The molecule has 6 nitrogen and oxygen atoms in total. The van der Waals surface area contributed by atoms with E-state index in [1.807, 2.05) is 0 Å². The second kappa shape index (κ2) is 7.17. The number of carboxylic acids is 1. The van der Waals surface area contributed by atoms with Crippen molar-refractivity contribution in [1.82, 2.24) is 5.32 Å². The zero-order valence-electron chi connectivity index (χ0n) is 12.1. The molecule has 0 aliphatic heterocycles. The lowest BCUT2D eigenvalue weighted by molar-refractivity contribution is -0.146. The summed E-state index contributed by atoms with van der Waals surface area (Å²) in [5, 5.41) is 21.7. The largest absolute Gasteiger partial charge is 0.480 e. The van der Waals surface area contributed by atoms with E-state index in [2.05, 4.69) is 5.32 Å². The summed E-state index contributed by atoms with van der Waals surface area (Å²) in [7, 11) is 0. The smallest absolute Gasteiger partial charge is 0.326 e. The van der Waals surface area contributed by atoms with Crippen molar-refractivity contribution in [2.24, 2.45) is 5.92 Å². The Bertz CT molecular complexity index is 557. The normalized spacial score (nSPS) is 21.0. The predicted octanol–water partition coefficient (Wildman–Crippen LogP) is 1.05. The number of benzene rings is 1. The predicted molar refractivity (Wildman–Crippen MR) is 77.9 cm³/mol. The molecule has 22 heavy (non-hydrogen) atoms. The third-order valence-corrected chi connectivity index (χ3v) is 3.92. The Morgan fingerprint density at radius 3 is 2.50 bits per heavy atom. The molecule has 1 aromatic rings. The Labute approximate surface area is 128 Å². The van der Waals surface area contributed by atoms with Gasteiger partial charge in [-0.25, -0.2) is 4.79 Å². The number of hydrogen-bond acceptors (Lipinski definition) is 4. The van der Waals surface area contributed by atoms with E-state index in [0.717, 1.165) is 0 Å². The molecule has 0 saturated heterocycles. The average molecular weight is 305 g/mol. The topological polar surface area (TPSA) is 104 Å². The minimum atomic E-state index is -1.43. The molecule has 0 heterocycles. The molecule has 1 saturated carbocycles. The molecule has 1 aliphatic rings. The van der Waals surface area contributed by atoms with Crippen molar-refractivity contribution in [3.63, 3.8) is 0 Å². The molecule has 0 radical (unpaired) electrons. The first-order chi connectivity index (χ1) is 10.5. The number of carboxylic acid groups (broad SMARTS) is 1. The van der Waals surface area contributed by atoms with Gasteiger partial charge in [-0.2, -0.15) is 0 Å². The van der Waals surface area contributed by atoms with Gasteiger partial charge in [-0.05, 0) is 24.3 Å². The standard InChI is InChI=1S/C16H19NO5/c18-12-8-4-7-11(9-12)13(16(21)22)17-15(20)14(19)10-5-2-1-3-6-10/h1-3,5-6,11,13-14,19H,4,7-9H2,(H,17,20)(H,21,22)/t11-,13-,14+/m1/s1. The van der Waals surface area contributed by atoms with E-state index in [1.54, 1.807) is 30.3 Å². The van der Waals surface area contributed by atoms with Gasteiger partial charge in [0.15, 0.2) is 6.10 Å². The number of amides is 1. The van der Waals surface area contributed by atoms with E-state index in [9.17, 15) is 24.6 Å². The summed E-state index contributed by atoms with van der Waals surface area (Å²) in [4.78, 5) is 35.0. The number of carbonyl (C=O) groups is 3. The number of aliphatic hydroxyl groups excluding tert-OH is 1. The highest BCUT2D eigenvalue weighted by molar-refractivity contribution is 5.88. The molecule has 1 amide bonds. The van der Waals surface area contributed by atoms with Crippen LogP contribution in [0.25, 0.3) is 0 Å². The van der Waals surface area contributed by atoms with E-state index in [4.69, 9.17) is 0 Å². The average Bonchev–Trinajstić information content (AvgIpc) is 2.52. The van der Waals surface area contributed by atoms with Gasteiger partial charge in [-0.15, -0.1) is 0 Å². The minimum Gasteiger partial charge on any atom is -0.480 e. The molecule has 0 spiro atoms. The van der Waals surface area contributed by atoms with Crippen molar-refractivity contribution >= 4 is 17.7 Å². The molecule has 3 atom stereocenters. The number of ketones is 1. The van der Waals surface area contributed by atoms with Gasteiger partial charge in [0.05, 0.1) is 0 Å². The first-order valence-electron chi connectivity index (χ1n) is 7.27. The fraction of sp³-hybridized carbons (Fsp3) is 0.438. The Morgan fingerprint density at radius 2 is 1.91 bits per heavy atom. The number of hydrogen-bond donors (Lipinski definition) is 3. The zero-order valence-corrected chi connectivity index (χ0v) is 12.1. The van der Waals surface area contributed by atoms with Gasteiger partial charge in [-0.1, -0.05) is 30.3 Å². The van der Waals surface area contributed by atoms with Crippen molar-refractivity contribution in [2.45, 2.75) is 37.8 Å². The lowest BCUT2D eigenvalue weighted by Gasteiger charge is -2.28. The van der Waals surface area contributed by atoms with Gasteiger partial charge in [-0.3, -0.25) is 9.59 Å². The molecule has 1 aromatic carbocycles. The summed E-state index contributed by atoms with van der Waals surface area (Å²) in [6.07, 6.45) is 0.388. The highest BCUT2D eigenvalue weighted by atomic mass is 16.4. The molecule has 3 N–H and O–H groups in total. The summed E-state index contributed by atoms with van der Waals surface area (Å²) < 4.78 is 0. The maximum atomic E-state index is 12.1. The molecule has 2 rings (SSSR count). The number of rotatable bonds is 5. The van der Waals surface area contributed by atoms with Crippen LogP contribution in [0, 0.1) is 5.92 Å². The summed E-state index contributed by atoms with van der Waals surface area (Å²) >= 11 is 0. The fourth-order valence-corrected chi connectivity index (χ4v) is 2.74. The van der Waals surface area contributed by atoms with Gasteiger partial charge < -0.3 is 15.5 Å².